The zero-order valence-corrected chi connectivity index (χ0v) is 11.8. The summed E-state index contributed by atoms with van der Waals surface area (Å²) in [5.74, 6) is -0.598. The number of pyridine rings is 1. The maximum atomic E-state index is 11.6. The SMILES string of the molecule is CC1=C(Cl)C(=O)O[C@@](C)(c2cc(Cl)nc(Cl)c2)N1. The van der Waals surface area contributed by atoms with Gasteiger partial charge in [0.2, 0.25) is 5.72 Å². The van der Waals surface area contributed by atoms with Gasteiger partial charge in [-0.15, -0.1) is 0 Å². The van der Waals surface area contributed by atoms with Gasteiger partial charge in [0, 0.05) is 11.3 Å². The van der Waals surface area contributed by atoms with Gasteiger partial charge in [-0.2, -0.15) is 0 Å². The molecule has 0 saturated carbocycles. The number of halogens is 3. The second-order valence-corrected chi connectivity index (χ2v) is 5.14. The van der Waals surface area contributed by atoms with Crippen molar-refractivity contribution in [2.45, 2.75) is 19.6 Å². The van der Waals surface area contributed by atoms with Crippen molar-refractivity contribution in [2.75, 3.05) is 0 Å². The molecule has 0 radical (unpaired) electrons. The average Bonchev–Trinajstić information content (AvgIpc) is 2.24. The molecule has 2 rings (SSSR count). The van der Waals surface area contributed by atoms with Gasteiger partial charge in [0.15, 0.2) is 0 Å². The summed E-state index contributed by atoms with van der Waals surface area (Å²) in [7, 11) is 0. The Balaban J connectivity index is 2.47. The van der Waals surface area contributed by atoms with Crippen molar-refractivity contribution in [1.29, 1.82) is 0 Å². The van der Waals surface area contributed by atoms with E-state index in [2.05, 4.69) is 10.3 Å². The van der Waals surface area contributed by atoms with Crippen molar-refractivity contribution in [3.63, 3.8) is 0 Å². The van der Waals surface area contributed by atoms with Crippen LogP contribution in [0.25, 0.3) is 0 Å². The Morgan fingerprint density at radius 3 is 2.33 bits per heavy atom. The van der Waals surface area contributed by atoms with Crippen molar-refractivity contribution in [3.05, 3.63) is 38.7 Å². The first kappa shape index (κ1) is 13.5. The van der Waals surface area contributed by atoms with Gasteiger partial charge < -0.3 is 10.1 Å². The molecule has 18 heavy (non-hydrogen) atoms. The average molecular weight is 308 g/mol. The molecule has 1 aliphatic rings. The highest BCUT2D eigenvalue weighted by Gasteiger charge is 2.37. The molecule has 4 nitrogen and oxygen atoms in total. The number of nitrogens with zero attached hydrogens (tertiary/aromatic N) is 1. The number of hydrogen-bond acceptors (Lipinski definition) is 4. The number of cyclic esters (lactones) is 1. The Hall–Kier alpha value is -0.970. The number of carbonyl (C=O) groups is 1. The molecule has 0 amide bonds. The molecule has 1 aromatic rings. The largest absolute Gasteiger partial charge is 0.431 e. The van der Waals surface area contributed by atoms with E-state index >= 15 is 0 Å². The molecule has 7 heteroatoms. The van der Waals surface area contributed by atoms with Crippen LogP contribution in [0.5, 0.6) is 0 Å². The summed E-state index contributed by atoms with van der Waals surface area (Å²) in [6.45, 7) is 3.37. The van der Waals surface area contributed by atoms with Crippen LogP contribution in [0, 0.1) is 0 Å². The maximum Gasteiger partial charge on any atom is 0.353 e. The first-order chi connectivity index (χ1) is 8.32. The molecule has 0 fully saturated rings. The fraction of sp³-hybridized carbons (Fsp3) is 0.273. The minimum atomic E-state index is -1.07. The van der Waals surface area contributed by atoms with Crippen LogP contribution in [-0.2, 0) is 15.3 Å². The highest BCUT2D eigenvalue weighted by atomic mass is 35.5. The predicted molar refractivity (Wildman–Crippen MR) is 69.4 cm³/mol. The van der Waals surface area contributed by atoms with E-state index in [9.17, 15) is 4.79 Å². The van der Waals surface area contributed by atoms with Crippen molar-refractivity contribution in [1.82, 2.24) is 10.3 Å². The third-order valence-electron chi connectivity index (χ3n) is 2.54. The molecule has 0 spiro atoms. The Morgan fingerprint density at radius 2 is 1.83 bits per heavy atom. The van der Waals surface area contributed by atoms with Gasteiger partial charge >= 0.3 is 5.97 Å². The van der Waals surface area contributed by atoms with Crippen molar-refractivity contribution in [2.24, 2.45) is 0 Å². The van der Waals surface area contributed by atoms with Gasteiger partial charge in [0.25, 0.3) is 0 Å². The van der Waals surface area contributed by atoms with E-state index in [0.29, 0.717) is 11.3 Å². The van der Waals surface area contributed by atoms with Crippen LogP contribution in [-0.4, -0.2) is 11.0 Å². The molecule has 0 saturated heterocycles. The van der Waals surface area contributed by atoms with E-state index in [0.717, 1.165) is 0 Å². The summed E-state index contributed by atoms with van der Waals surface area (Å²) in [5.41, 5.74) is 0.0410. The second-order valence-electron chi connectivity index (χ2n) is 3.99. The number of ether oxygens (including phenoxy) is 1. The molecule has 0 bridgehead atoms. The number of aromatic nitrogens is 1. The van der Waals surface area contributed by atoms with Gasteiger partial charge in [0.05, 0.1) is 0 Å². The molecular weight excluding hydrogens is 298 g/mol. The molecule has 1 aliphatic heterocycles. The Labute approximate surface area is 119 Å². The molecule has 0 unspecified atom stereocenters. The van der Waals surface area contributed by atoms with E-state index in [1.54, 1.807) is 26.0 Å². The topological polar surface area (TPSA) is 51.2 Å². The summed E-state index contributed by atoms with van der Waals surface area (Å²) in [5, 5.41) is 3.46. The zero-order chi connectivity index (χ0) is 13.5. The fourth-order valence-electron chi connectivity index (χ4n) is 1.69. The lowest BCUT2D eigenvalue weighted by Crippen LogP contribution is -2.46. The summed E-state index contributed by atoms with van der Waals surface area (Å²) in [6.07, 6.45) is 0. The van der Waals surface area contributed by atoms with Crippen LogP contribution >= 0.6 is 34.8 Å². The molecule has 0 aliphatic carbocycles. The highest BCUT2D eigenvalue weighted by Crippen LogP contribution is 2.32. The molecule has 0 aromatic carbocycles. The van der Waals surface area contributed by atoms with Crippen LogP contribution < -0.4 is 5.32 Å². The van der Waals surface area contributed by atoms with Gasteiger partial charge in [-0.1, -0.05) is 34.8 Å². The molecule has 1 N–H and O–H groups in total. The van der Waals surface area contributed by atoms with Gasteiger partial charge in [-0.05, 0) is 26.0 Å². The van der Waals surface area contributed by atoms with Crippen LogP contribution in [0.1, 0.15) is 19.4 Å². The van der Waals surface area contributed by atoms with Crippen molar-refractivity contribution in [3.8, 4) is 0 Å². The molecular formula is C11H9Cl3N2O2. The predicted octanol–water partition coefficient (Wildman–Crippen LogP) is 3.18. The number of carbonyl (C=O) groups excluding carboxylic acids is 1. The van der Waals surface area contributed by atoms with Crippen molar-refractivity contribution < 1.29 is 9.53 Å². The Bertz CT molecular complexity index is 539. The standard InChI is InChI=1S/C11H9Cl3N2O2/c1-5-9(14)10(17)18-11(2,16-5)6-3-7(12)15-8(13)4-6/h3-4,16H,1-2H3/t11-/m0/s1. The first-order valence-electron chi connectivity index (χ1n) is 5.03. The lowest BCUT2D eigenvalue weighted by molar-refractivity contribution is -0.159. The molecule has 1 atom stereocenters. The molecule has 2 heterocycles. The highest BCUT2D eigenvalue weighted by molar-refractivity contribution is 6.41. The van der Waals surface area contributed by atoms with E-state index in [4.69, 9.17) is 39.5 Å². The number of hydrogen-bond donors (Lipinski definition) is 1. The van der Waals surface area contributed by atoms with E-state index in [1.807, 2.05) is 0 Å². The zero-order valence-electron chi connectivity index (χ0n) is 9.55. The van der Waals surface area contributed by atoms with Crippen molar-refractivity contribution >= 4 is 40.8 Å². The van der Waals surface area contributed by atoms with Crippen LogP contribution in [0.4, 0.5) is 0 Å². The molecule has 1 aromatic heterocycles. The number of esters is 1. The number of rotatable bonds is 1. The van der Waals surface area contributed by atoms with Gasteiger partial charge in [-0.3, -0.25) is 0 Å². The smallest absolute Gasteiger partial charge is 0.353 e. The quantitative estimate of drug-likeness (QED) is 0.639. The second kappa shape index (κ2) is 4.61. The summed E-state index contributed by atoms with van der Waals surface area (Å²) in [6, 6.07) is 3.14. The minimum absolute atomic E-state index is 0.0266. The number of nitrogens with one attached hydrogen (secondary N) is 1. The summed E-state index contributed by atoms with van der Waals surface area (Å²) >= 11 is 17.4. The lowest BCUT2D eigenvalue weighted by Gasteiger charge is -2.35. The maximum absolute atomic E-state index is 11.6. The normalized spacial score (nSPS) is 23.7. The van der Waals surface area contributed by atoms with E-state index in [-0.39, 0.29) is 15.3 Å². The number of allylic oxidation sites excluding steroid dienone is 1. The first-order valence-corrected chi connectivity index (χ1v) is 6.17. The Morgan fingerprint density at radius 1 is 1.28 bits per heavy atom. The van der Waals surface area contributed by atoms with Crippen LogP contribution in [0.2, 0.25) is 10.3 Å². The monoisotopic (exact) mass is 306 g/mol. The lowest BCUT2D eigenvalue weighted by atomic mass is 10.0. The van der Waals surface area contributed by atoms with E-state index < -0.39 is 11.7 Å². The summed E-state index contributed by atoms with van der Waals surface area (Å²) in [4.78, 5) is 15.5. The van der Waals surface area contributed by atoms with Gasteiger partial charge in [0.1, 0.15) is 15.3 Å². The Kier molecular flexibility index (Phi) is 3.45. The fourth-order valence-corrected chi connectivity index (χ4v) is 2.24. The minimum Gasteiger partial charge on any atom is -0.431 e. The third-order valence-corrected chi connectivity index (χ3v) is 3.37. The molecule has 96 valence electrons. The van der Waals surface area contributed by atoms with Crippen LogP contribution in [0.15, 0.2) is 22.9 Å². The van der Waals surface area contributed by atoms with Crippen LogP contribution in [0.3, 0.4) is 0 Å². The van der Waals surface area contributed by atoms with E-state index in [1.165, 1.54) is 0 Å². The third kappa shape index (κ3) is 2.41. The summed E-state index contributed by atoms with van der Waals surface area (Å²) < 4.78 is 5.27. The van der Waals surface area contributed by atoms with Gasteiger partial charge in [-0.25, -0.2) is 9.78 Å².